The van der Waals surface area contributed by atoms with Gasteiger partial charge in [0, 0.05) is 32.7 Å². The Balaban J connectivity index is 1.26. The first-order valence-electron chi connectivity index (χ1n) is 16.6. The molecule has 0 bridgehead atoms. The zero-order valence-corrected chi connectivity index (χ0v) is 26.2. The quantitative estimate of drug-likeness (QED) is 0.201. The Kier molecular flexibility index (Phi) is 5.89. The normalized spacial score (nSPS) is 12.8. The zero-order chi connectivity index (χ0) is 31.8. The highest BCUT2D eigenvalue weighted by atomic mass is 16.3. The summed E-state index contributed by atoms with van der Waals surface area (Å²) in [6.07, 6.45) is 6.67. The summed E-state index contributed by atoms with van der Waals surface area (Å²) in [5.74, 6) is 0.326. The van der Waals surface area contributed by atoms with Crippen LogP contribution in [0.2, 0.25) is 0 Å². The summed E-state index contributed by atoms with van der Waals surface area (Å²) in [4.78, 5) is 0. The van der Waals surface area contributed by atoms with Crippen LogP contribution < -0.4 is 0 Å². The second kappa shape index (κ2) is 10.4. The molecule has 1 aliphatic rings. The molecule has 0 saturated carbocycles. The Morgan fingerprint density at radius 2 is 1.08 bits per heavy atom. The van der Waals surface area contributed by atoms with E-state index in [9.17, 15) is 5.11 Å². The van der Waals surface area contributed by atoms with E-state index >= 15 is 0 Å². The van der Waals surface area contributed by atoms with Crippen molar-refractivity contribution in [2.75, 3.05) is 0 Å². The van der Waals surface area contributed by atoms with Crippen molar-refractivity contribution < 1.29 is 9.52 Å². The number of benzene rings is 8. The molecule has 0 radical (unpaired) electrons. The van der Waals surface area contributed by atoms with Gasteiger partial charge in [0.1, 0.15) is 16.9 Å². The molecule has 0 saturated heterocycles. The standard InChI is InChI=1S/C46H30O2/c47-45-36-21-10-8-19-34(36)43(35-20-9-11-22-37(35)45)29-25-26-41-40(27-29)38-23-12-24-39(46(38)48-41)44-32-17-6-4-15-30(32)42(28-13-2-1-3-14-28)31-16-5-7-18-33(31)44/h1-4,6-15,17-27,47H,5,16H2. The minimum Gasteiger partial charge on any atom is -0.507 e. The molecule has 0 atom stereocenters. The van der Waals surface area contributed by atoms with Gasteiger partial charge in [-0.2, -0.15) is 0 Å². The summed E-state index contributed by atoms with van der Waals surface area (Å²) in [5.41, 5.74) is 11.6. The minimum atomic E-state index is 0.326. The molecular formula is C46H30O2. The number of fused-ring (bicyclic) bond motifs is 7. The van der Waals surface area contributed by atoms with Crippen LogP contribution in [0.3, 0.4) is 0 Å². The summed E-state index contributed by atoms with van der Waals surface area (Å²) >= 11 is 0. The van der Waals surface area contributed by atoms with E-state index in [1.165, 1.54) is 38.6 Å². The molecule has 1 heterocycles. The molecule has 0 amide bonds. The highest BCUT2D eigenvalue weighted by Crippen LogP contribution is 2.48. The smallest absolute Gasteiger partial charge is 0.143 e. The van der Waals surface area contributed by atoms with Crippen LogP contribution in [0.1, 0.15) is 17.5 Å². The van der Waals surface area contributed by atoms with Gasteiger partial charge in [-0.1, -0.05) is 140 Å². The molecule has 1 aromatic heterocycles. The number of para-hydroxylation sites is 1. The summed E-state index contributed by atoms with van der Waals surface area (Å²) in [6.45, 7) is 0. The van der Waals surface area contributed by atoms with Crippen LogP contribution in [0.4, 0.5) is 0 Å². The molecule has 2 heteroatoms. The molecule has 0 fully saturated rings. The third-order valence-electron chi connectivity index (χ3n) is 10.2. The van der Waals surface area contributed by atoms with Crippen LogP contribution in [0.15, 0.2) is 150 Å². The molecule has 2 nitrogen and oxygen atoms in total. The van der Waals surface area contributed by atoms with E-state index in [1.807, 2.05) is 36.4 Å². The summed E-state index contributed by atoms with van der Waals surface area (Å²) in [5, 5.41) is 19.7. The molecule has 10 rings (SSSR count). The third kappa shape index (κ3) is 3.87. The number of aromatic hydroxyl groups is 1. The lowest BCUT2D eigenvalue weighted by molar-refractivity contribution is 0.488. The van der Waals surface area contributed by atoms with Crippen LogP contribution in [0, 0.1) is 0 Å². The highest BCUT2D eigenvalue weighted by molar-refractivity contribution is 6.20. The number of hydrogen-bond donors (Lipinski definition) is 1. The lowest BCUT2D eigenvalue weighted by Crippen LogP contribution is -2.02. The molecule has 0 unspecified atom stereocenters. The Bertz CT molecular complexity index is 2720. The van der Waals surface area contributed by atoms with Crippen molar-refractivity contribution in [1.29, 1.82) is 0 Å². The third-order valence-corrected chi connectivity index (χ3v) is 10.2. The predicted molar refractivity (Wildman–Crippen MR) is 202 cm³/mol. The first-order valence-corrected chi connectivity index (χ1v) is 16.6. The van der Waals surface area contributed by atoms with Gasteiger partial charge in [-0.3, -0.25) is 0 Å². The SMILES string of the molecule is Oc1c2ccccc2c(-c2ccc3oc4c(-c5c6c(c(-c7ccccc7)c7ccccc57)CCC=C6)cccc4c3c2)c2ccccc12. The van der Waals surface area contributed by atoms with Crippen molar-refractivity contribution in [2.24, 2.45) is 0 Å². The summed E-state index contributed by atoms with van der Waals surface area (Å²) < 4.78 is 6.81. The highest BCUT2D eigenvalue weighted by Gasteiger charge is 2.24. The van der Waals surface area contributed by atoms with Crippen molar-refractivity contribution in [3.05, 3.63) is 157 Å². The van der Waals surface area contributed by atoms with Crippen LogP contribution in [0.25, 0.3) is 93.7 Å². The molecule has 226 valence electrons. The lowest BCUT2D eigenvalue weighted by Gasteiger charge is -2.23. The number of allylic oxidation sites excluding steroid dienone is 1. The van der Waals surface area contributed by atoms with E-state index in [0.29, 0.717) is 5.75 Å². The predicted octanol–water partition coefficient (Wildman–Crippen LogP) is 12.7. The van der Waals surface area contributed by atoms with Crippen molar-refractivity contribution in [3.8, 4) is 39.1 Å². The van der Waals surface area contributed by atoms with Gasteiger partial charge in [-0.05, 0) is 79.9 Å². The molecule has 0 spiro atoms. The molecule has 0 aliphatic heterocycles. The van der Waals surface area contributed by atoms with Crippen molar-refractivity contribution in [1.82, 2.24) is 0 Å². The van der Waals surface area contributed by atoms with E-state index < -0.39 is 0 Å². The lowest BCUT2D eigenvalue weighted by atomic mass is 9.80. The molecule has 48 heavy (non-hydrogen) atoms. The largest absolute Gasteiger partial charge is 0.507 e. The molecular weight excluding hydrogens is 585 g/mol. The molecule has 1 N–H and O–H groups in total. The monoisotopic (exact) mass is 614 g/mol. The van der Waals surface area contributed by atoms with Crippen molar-refractivity contribution >= 4 is 60.3 Å². The Labute approximate surface area is 277 Å². The summed E-state index contributed by atoms with van der Waals surface area (Å²) in [6, 6.07) is 49.0. The van der Waals surface area contributed by atoms with Gasteiger partial charge in [0.15, 0.2) is 0 Å². The number of phenolic OH excluding ortho intramolecular Hbond substituents is 1. The second-order valence-electron chi connectivity index (χ2n) is 12.8. The van der Waals surface area contributed by atoms with Gasteiger partial charge in [0.2, 0.25) is 0 Å². The van der Waals surface area contributed by atoms with E-state index in [2.05, 4.69) is 115 Å². The maximum Gasteiger partial charge on any atom is 0.143 e. The molecule has 9 aromatic rings. The minimum absolute atomic E-state index is 0.326. The maximum absolute atomic E-state index is 11.2. The maximum atomic E-state index is 11.2. The van der Waals surface area contributed by atoms with Gasteiger partial charge in [0.25, 0.3) is 0 Å². The molecule has 1 aliphatic carbocycles. The number of phenols is 1. The van der Waals surface area contributed by atoms with E-state index in [1.54, 1.807) is 0 Å². The Hall–Kier alpha value is -6.12. The average Bonchev–Trinajstić information content (AvgIpc) is 3.53. The number of hydrogen-bond acceptors (Lipinski definition) is 2. The first-order chi connectivity index (χ1) is 23.8. The van der Waals surface area contributed by atoms with E-state index in [-0.39, 0.29) is 0 Å². The first kappa shape index (κ1) is 27.0. The molecule has 8 aromatic carbocycles. The second-order valence-corrected chi connectivity index (χ2v) is 12.8. The Morgan fingerprint density at radius 3 is 1.79 bits per heavy atom. The van der Waals surface area contributed by atoms with Crippen LogP contribution in [0.5, 0.6) is 5.75 Å². The van der Waals surface area contributed by atoms with Crippen LogP contribution >= 0.6 is 0 Å². The van der Waals surface area contributed by atoms with Gasteiger partial charge >= 0.3 is 0 Å². The van der Waals surface area contributed by atoms with Crippen LogP contribution in [-0.4, -0.2) is 5.11 Å². The van der Waals surface area contributed by atoms with Gasteiger partial charge in [0.05, 0.1) is 0 Å². The zero-order valence-electron chi connectivity index (χ0n) is 26.2. The van der Waals surface area contributed by atoms with E-state index in [4.69, 9.17) is 4.42 Å². The summed E-state index contributed by atoms with van der Waals surface area (Å²) in [7, 11) is 0. The fourth-order valence-corrected chi connectivity index (χ4v) is 8.18. The van der Waals surface area contributed by atoms with Crippen molar-refractivity contribution in [2.45, 2.75) is 12.8 Å². The van der Waals surface area contributed by atoms with E-state index in [0.717, 1.165) is 73.0 Å². The Morgan fingerprint density at radius 1 is 0.479 bits per heavy atom. The average molecular weight is 615 g/mol. The van der Waals surface area contributed by atoms with Gasteiger partial charge in [-0.25, -0.2) is 0 Å². The fraction of sp³-hybridized carbons (Fsp3) is 0.0435. The topological polar surface area (TPSA) is 33.4 Å². The fourth-order valence-electron chi connectivity index (χ4n) is 8.18. The van der Waals surface area contributed by atoms with Gasteiger partial charge < -0.3 is 9.52 Å². The number of furan rings is 1. The van der Waals surface area contributed by atoms with Gasteiger partial charge in [-0.15, -0.1) is 0 Å². The van der Waals surface area contributed by atoms with Crippen molar-refractivity contribution in [3.63, 3.8) is 0 Å². The number of rotatable bonds is 3. The van der Waals surface area contributed by atoms with Crippen LogP contribution in [-0.2, 0) is 6.42 Å².